The smallest absolute Gasteiger partial charge is 0.255 e. The van der Waals surface area contributed by atoms with E-state index in [0.717, 1.165) is 35.6 Å². The van der Waals surface area contributed by atoms with Crippen molar-refractivity contribution >= 4 is 23.2 Å². The molecule has 0 bridgehead atoms. The van der Waals surface area contributed by atoms with Crippen molar-refractivity contribution < 1.29 is 4.79 Å². The van der Waals surface area contributed by atoms with Crippen molar-refractivity contribution in [2.45, 2.75) is 33.6 Å². The highest BCUT2D eigenvalue weighted by Gasteiger charge is 2.15. The molecule has 0 fully saturated rings. The lowest BCUT2D eigenvalue weighted by atomic mass is 10.1. The number of aromatic nitrogens is 3. The molecule has 0 aliphatic carbocycles. The predicted octanol–water partition coefficient (Wildman–Crippen LogP) is 3.29. The molecule has 21 heavy (non-hydrogen) atoms. The first-order valence-corrected chi connectivity index (χ1v) is 7.28. The van der Waals surface area contributed by atoms with E-state index in [2.05, 4.69) is 22.3 Å². The van der Waals surface area contributed by atoms with Crippen molar-refractivity contribution in [3.05, 3.63) is 39.9 Å². The van der Waals surface area contributed by atoms with Crippen LogP contribution in [0.3, 0.4) is 0 Å². The van der Waals surface area contributed by atoms with Gasteiger partial charge in [-0.15, -0.1) is 0 Å². The topological polar surface area (TPSA) is 59.8 Å². The van der Waals surface area contributed by atoms with Crippen LogP contribution in [-0.2, 0) is 13.5 Å². The van der Waals surface area contributed by atoms with Crippen molar-refractivity contribution in [2.24, 2.45) is 7.05 Å². The number of rotatable bonds is 4. The Morgan fingerprint density at radius 3 is 2.67 bits per heavy atom. The number of carbonyl (C=O) groups excluding carboxylic acids is 1. The monoisotopic (exact) mass is 306 g/mol. The van der Waals surface area contributed by atoms with Crippen molar-refractivity contribution in [3.8, 4) is 0 Å². The van der Waals surface area contributed by atoms with Gasteiger partial charge in [0.15, 0.2) is 0 Å². The van der Waals surface area contributed by atoms with Gasteiger partial charge >= 0.3 is 0 Å². The quantitative estimate of drug-likeness (QED) is 0.882. The van der Waals surface area contributed by atoms with Crippen LogP contribution >= 0.6 is 11.6 Å². The molecule has 1 amide bonds. The van der Waals surface area contributed by atoms with E-state index in [9.17, 15) is 4.79 Å². The largest absolute Gasteiger partial charge is 0.319 e. The standard InChI is InChI=1S/C15H19ClN4O/c1-5-6-12-7-11(8-13(16)17-12)15(21)18-14-9(2)19-20(4)10(14)3/h7-8H,5-6H2,1-4H3,(H,18,21). The minimum absolute atomic E-state index is 0.198. The zero-order valence-corrected chi connectivity index (χ0v) is 13.5. The van der Waals surface area contributed by atoms with Gasteiger partial charge in [0, 0.05) is 18.3 Å². The van der Waals surface area contributed by atoms with Crippen molar-refractivity contribution in [2.75, 3.05) is 5.32 Å². The van der Waals surface area contributed by atoms with Gasteiger partial charge in [-0.2, -0.15) is 5.10 Å². The summed E-state index contributed by atoms with van der Waals surface area (Å²) >= 11 is 5.99. The maximum Gasteiger partial charge on any atom is 0.255 e. The molecule has 2 heterocycles. The van der Waals surface area contributed by atoms with Crippen LogP contribution in [0.1, 0.15) is 40.8 Å². The minimum atomic E-state index is -0.198. The Morgan fingerprint density at radius 2 is 2.10 bits per heavy atom. The summed E-state index contributed by atoms with van der Waals surface area (Å²) in [6, 6.07) is 3.36. The second-order valence-corrected chi connectivity index (χ2v) is 5.43. The van der Waals surface area contributed by atoms with Crippen LogP contribution < -0.4 is 5.32 Å². The molecule has 2 rings (SSSR count). The van der Waals surface area contributed by atoms with E-state index in [1.54, 1.807) is 16.8 Å². The lowest BCUT2D eigenvalue weighted by Crippen LogP contribution is -2.14. The number of amides is 1. The van der Waals surface area contributed by atoms with Gasteiger partial charge in [-0.1, -0.05) is 24.9 Å². The Bertz CT molecular complexity index is 679. The fourth-order valence-corrected chi connectivity index (χ4v) is 2.43. The average Bonchev–Trinajstić information content (AvgIpc) is 2.65. The molecule has 6 heteroatoms. The zero-order valence-electron chi connectivity index (χ0n) is 12.7. The van der Waals surface area contributed by atoms with E-state index in [1.165, 1.54) is 0 Å². The molecule has 0 aliphatic rings. The van der Waals surface area contributed by atoms with Gasteiger partial charge < -0.3 is 5.32 Å². The zero-order chi connectivity index (χ0) is 15.6. The van der Waals surface area contributed by atoms with Crippen LogP contribution in [0.15, 0.2) is 12.1 Å². The molecule has 0 aliphatic heterocycles. The number of anilines is 1. The third kappa shape index (κ3) is 3.42. The van der Waals surface area contributed by atoms with E-state index >= 15 is 0 Å². The molecule has 2 aromatic heterocycles. The molecule has 2 aromatic rings. The summed E-state index contributed by atoms with van der Waals surface area (Å²) in [4.78, 5) is 16.6. The molecule has 0 unspecified atom stereocenters. The Labute approximate surface area is 129 Å². The number of carbonyl (C=O) groups is 1. The number of halogens is 1. The van der Waals surface area contributed by atoms with E-state index < -0.39 is 0 Å². The van der Waals surface area contributed by atoms with Gasteiger partial charge in [0.1, 0.15) is 5.15 Å². The van der Waals surface area contributed by atoms with Crippen molar-refractivity contribution in [1.29, 1.82) is 0 Å². The summed E-state index contributed by atoms with van der Waals surface area (Å²) in [6.45, 7) is 5.84. The first-order valence-electron chi connectivity index (χ1n) is 6.90. The summed E-state index contributed by atoms with van der Waals surface area (Å²) in [5.41, 5.74) is 3.79. The molecule has 112 valence electrons. The van der Waals surface area contributed by atoms with Crippen LogP contribution in [-0.4, -0.2) is 20.7 Å². The van der Waals surface area contributed by atoms with E-state index in [4.69, 9.17) is 11.6 Å². The van der Waals surface area contributed by atoms with Gasteiger partial charge in [-0.25, -0.2) is 4.98 Å². The fraction of sp³-hybridized carbons (Fsp3) is 0.400. The normalized spacial score (nSPS) is 10.7. The van der Waals surface area contributed by atoms with E-state index in [0.29, 0.717) is 10.7 Å². The maximum atomic E-state index is 12.4. The molecule has 1 N–H and O–H groups in total. The minimum Gasteiger partial charge on any atom is -0.319 e. The Hall–Kier alpha value is -1.88. The second kappa shape index (κ2) is 6.26. The number of hydrogen-bond acceptors (Lipinski definition) is 3. The third-order valence-electron chi connectivity index (χ3n) is 3.36. The van der Waals surface area contributed by atoms with Gasteiger partial charge in [0.25, 0.3) is 5.91 Å². The lowest BCUT2D eigenvalue weighted by Gasteiger charge is -2.08. The molecular formula is C15H19ClN4O. The molecule has 5 nitrogen and oxygen atoms in total. The second-order valence-electron chi connectivity index (χ2n) is 5.04. The number of aryl methyl sites for hydroxylation is 3. The molecule has 0 atom stereocenters. The highest BCUT2D eigenvalue weighted by Crippen LogP contribution is 2.20. The van der Waals surface area contributed by atoms with E-state index in [1.807, 2.05) is 20.9 Å². The van der Waals surface area contributed by atoms with Crippen molar-refractivity contribution in [1.82, 2.24) is 14.8 Å². The molecule has 0 radical (unpaired) electrons. The lowest BCUT2D eigenvalue weighted by molar-refractivity contribution is 0.102. The van der Waals surface area contributed by atoms with Crippen molar-refractivity contribution in [3.63, 3.8) is 0 Å². The average molecular weight is 307 g/mol. The number of nitrogens with one attached hydrogen (secondary N) is 1. The Kier molecular flexibility index (Phi) is 4.63. The molecule has 0 aromatic carbocycles. The molecular weight excluding hydrogens is 288 g/mol. The summed E-state index contributed by atoms with van der Waals surface area (Å²) in [5, 5.41) is 7.53. The number of nitrogens with zero attached hydrogens (tertiary/aromatic N) is 3. The number of hydrogen-bond donors (Lipinski definition) is 1. The maximum absolute atomic E-state index is 12.4. The summed E-state index contributed by atoms with van der Waals surface area (Å²) in [7, 11) is 1.85. The molecule has 0 saturated carbocycles. The van der Waals surface area contributed by atoms with Crippen LogP contribution in [0.25, 0.3) is 0 Å². The molecule has 0 saturated heterocycles. The van der Waals surface area contributed by atoms with Gasteiger partial charge in [0.2, 0.25) is 0 Å². The van der Waals surface area contributed by atoms with E-state index in [-0.39, 0.29) is 5.91 Å². The van der Waals surface area contributed by atoms with Crippen LogP contribution in [0.4, 0.5) is 5.69 Å². The van der Waals surface area contributed by atoms with Crippen LogP contribution in [0.2, 0.25) is 5.15 Å². The summed E-state index contributed by atoms with van der Waals surface area (Å²) < 4.78 is 1.74. The Morgan fingerprint density at radius 1 is 1.38 bits per heavy atom. The first kappa shape index (κ1) is 15.5. The summed E-state index contributed by atoms with van der Waals surface area (Å²) in [6.07, 6.45) is 1.75. The molecule has 0 spiro atoms. The Balaban J connectivity index is 2.28. The predicted molar refractivity (Wildman–Crippen MR) is 83.9 cm³/mol. The highest BCUT2D eigenvalue weighted by atomic mass is 35.5. The van der Waals surface area contributed by atoms with Gasteiger partial charge in [-0.05, 0) is 32.4 Å². The summed E-state index contributed by atoms with van der Waals surface area (Å²) in [5.74, 6) is -0.198. The fourth-order valence-electron chi connectivity index (χ4n) is 2.21. The van der Waals surface area contributed by atoms with Crippen LogP contribution in [0.5, 0.6) is 0 Å². The van der Waals surface area contributed by atoms with Crippen LogP contribution in [0, 0.1) is 13.8 Å². The van der Waals surface area contributed by atoms with Gasteiger partial charge in [0.05, 0.1) is 17.1 Å². The first-order chi connectivity index (χ1) is 9.92. The van der Waals surface area contributed by atoms with Gasteiger partial charge in [-0.3, -0.25) is 9.48 Å². The highest BCUT2D eigenvalue weighted by molar-refractivity contribution is 6.29. The number of pyridine rings is 1. The SMILES string of the molecule is CCCc1cc(C(=O)Nc2c(C)nn(C)c2C)cc(Cl)n1. The third-order valence-corrected chi connectivity index (χ3v) is 3.56.